The maximum Gasteiger partial charge on any atom is 0.269 e. The molecule has 7 heteroatoms. The molecule has 1 heterocycles. The number of nitrogens with zero attached hydrogens (tertiary/aromatic N) is 3. The van der Waals surface area contributed by atoms with Crippen molar-refractivity contribution in [1.82, 2.24) is 10.2 Å². The number of rotatable bonds is 4. The van der Waals surface area contributed by atoms with Crippen LogP contribution in [0.15, 0.2) is 52.9 Å². The lowest BCUT2D eigenvalue weighted by Crippen LogP contribution is -1.87. The van der Waals surface area contributed by atoms with E-state index in [2.05, 4.69) is 10.2 Å². The average Bonchev–Trinajstić information content (AvgIpc) is 3.05. The van der Waals surface area contributed by atoms with Crippen molar-refractivity contribution in [2.24, 2.45) is 0 Å². The molecule has 0 aliphatic rings. The molecule has 0 aliphatic heterocycles. The Morgan fingerprint density at radius 1 is 1.05 bits per heavy atom. The minimum Gasteiger partial charge on any atom is -0.497 e. The van der Waals surface area contributed by atoms with Gasteiger partial charge in [-0.3, -0.25) is 10.1 Å². The van der Waals surface area contributed by atoms with Crippen LogP contribution in [0.25, 0.3) is 22.9 Å². The monoisotopic (exact) mass is 297 g/mol. The van der Waals surface area contributed by atoms with Gasteiger partial charge in [-0.15, -0.1) is 10.2 Å². The minimum absolute atomic E-state index is 0.0104. The van der Waals surface area contributed by atoms with E-state index < -0.39 is 4.92 Å². The Balaban J connectivity index is 1.91. The number of benzene rings is 2. The average molecular weight is 297 g/mol. The van der Waals surface area contributed by atoms with Crippen LogP contribution in [-0.4, -0.2) is 22.2 Å². The van der Waals surface area contributed by atoms with Gasteiger partial charge in [-0.25, -0.2) is 0 Å². The SMILES string of the molecule is COc1cccc(-c2nnc(-c3ccc([N+](=O)[O-])cc3)o2)c1. The summed E-state index contributed by atoms with van der Waals surface area (Å²) in [6.07, 6.45) is 0. The Hall–Kier alpha value is -3.22. The van der Waals surface area contributed by atoms with Crippen molar-refractivity contribution in [3.63, 3.8) is 0 Å². The first-order valence-electron chi connectivity index (χ1n) is 6.40. The van der Waals surface area contributed by atoms with Crippen molar-refractivity contribution < 1.29 is 14.1 Å². The molecule has 1 aromatic heterocycles. The molecule has 0 aliphatic carbocycles. The second-order valence-corrected chi connectivity index (χ2v) is 4.45. The molecule has 0 unspecified atom stereocenters. The van der Waals surface area contributed by atoms with Gasteiger partial charge in [-0.1, -0.05) is 6.07 Å². The van der Waals surface area contributed by atoms with Crippen molar-refractivity contribution >= 4 is 5.69 Å². The standard InChI is InChI=1S/C15H11N3O4/c1-21-13-4-2-3-11(9-13)15-17-16-14(22-15)10-5-7-12(8-6-10)18(19)20/h2-9H,1H3. The van der Waals surface area contributed by atoms with Crippen molar-refractivity contribution in [2.45, 2.75) is 0 Å². The van der Waals surface area contributed by atoms with E-state index in [4.69, 9.17) is 9.15 Å². The Bertz CT molecular complexity index is 812. The number of nitro benzene ring substituents is 1. The lowest BCUT2D eigenvalue weighted by Gasteiger charge is -2.00. The second kappa shape index (κ2) is 5.65. The smallest absolute Gasteiger partial charge is 0.269 e. The molecule has 0 N–H and O–H groups in total. The van der Waals surface area contributed by atoms with Gasteiger partial charge in [-0.2, -0.15) is 0 Å². The topological polar surface area (TPSA) is 91.3 Å². The highest BCUT2D eigenvalue weighted by molar-refractivity contribution is 5.60. The summed E-state index contributed by atoms with van der Waals surface area (Å²) in [6, 6.07) is 13.2. The Morgan fingerprint density at radius 3 is 2.36 bits per heavy atom. The molecule has 0 bridgehead atoms. The summed E-state index contributed by atoms with van der Waals surface area (Å²) in [7, 11) is 1.58. The van der Waals surface area contributed by atoms with Gasteiger partial charge in [0.2, 0.25) is 11.8 Å². The third kappa shape index (κ3) is 2.64. The summed E-state index contributed by atoms with van der Waals surface area (Å²) in [6.45, 7) is 0. The number of non-ortho nitro benzene ring substituents is 1. The molecule has 0 amide bonds. The molecule has 110 valence electrons. The van der Waals surface area contributed by atoms with Crippen molar-refractivity contribution in [2.75, 3.05) is 7.11 Å². The fourth-order valence-corrected chi connectivity index (χ4v) is 1.94. The molecule has 22 heavy (non-hydrogen) atoms. The highest BCUT2D eigenvalue weighted by Crippen LogP contribution is 2.27. The van der Waals surface area contributed by atoms with E-state index in [1.165, 1.54) is 12.1 Å². The molecule has 3 aromatic rings. The summed E-state index contributed by atoms with van der Waals surface area (Å²) in [5.41, 5.74) is 1.36. The molecule has 2 aromatic carbocycles. The van der Waals surface area contributed by atoms with Gasteiger partial charge in [0.15, 0.2) is 0 Å². The maximum atomic E-state index is 10.6. The summed E-state index contributed by atoms with van der Waals surface area (Å²) in [5, 5.41) is 18.6. The summed E-state index contributed by atoms with van der Waals surface area (Å²) < 4.78 is 10.8. The molecular formula is C15H11N3O4. The maximum absolute atomic E-state index is 10.6. The molecule has 7 nitrogen and oxygen atoms in total. The first-order valence-corrected chi connectivity index (χ1v) is 6.40. The molecule has 0 saturated carbocycles. The molecule has 0 fully saturated rings. The van der Waals surface area contributed by atoms with Crippen LogP contribution in [0.3, 0.4) is 0 Å². The minimum atomic E-state index is -0.459. The van der Waals surface area contributed by atoms with Crippen LogP contribution in [0.4, 0.5) is 5.69 Å². The fourth-order valence-electron chi connectivity index (χ4n) is 1.94. The molecule has 0 atom stereocenters. The lowest BCUT2D eigenvalue weighted by atomic mass is 10.2. The number of aromatic nitrogens is 2. The Morgan fingerprint density at radius 2 is 1.73 bits per heavy atom. The molecule has 0 spiro atoms. The largest absolute Gasteiger partial charge is 0.497 e. The third-order valence-corrected chi connectivity index (χ3v) is 3.07. The molecule has 0 radical (unpaired) electrons. The van der Waals surface area contributed by atoms with E-state index in [1.807, 2.05) is 18.2 Å². The molecule has 0 saturated heterocycles. The number of hydrogen-bond donors (Lipinski definition) is 0. The predicted octanol–water partition coefficient (Wildman–Crippen LogP) is 3.32. The highest BCUT2D eigenvalue weighted by atomic mass is 16.6. The number of methoxy groups -OCH3 is 1. The number of nitro groups is 1. The van der Waals surface area contributed by atoms with Gasteiger partial charge in [0, 0.05) is 23.3 Å². The number of ether oxygens (including phenoxy) is 1. The van der Waals surface area contributed by atoms with Gasteiger partial charge in [0.05, 0.1) is 12.0 Å². The predicted molar refractivity (Wildman–Crippen MR) is 78.4 cm³/mol. The van der Waals surface area contributed by atoms with E-state index in [9.17, 15) is 10.1 Å². The van der Waals surface area contributed by atoms with Crippen molar-refractivity contribution in [3.8, 4) is 28.7 Å². The summed E-state index contributed by atoms with van der Waals surface area (Å²) in [5.74, 6) is 1.34. The summed E-state index contributed by atoms with van der Waals surface area (Å²) >= 11 is 0. The van der Waals surface area contributed by atoms with Gasteiger partial charge in [0.1, 0.15) is 5.75 Å². The van der Waals surface area contributed by atoms with E-state index in [1.54, 1.807) is 25.3 Å². The van der Waals surface area contributed by atoms with Crippen LogP contribution < -0.4 is 4.74 Å². The van der Waals surface area contributed by atoms with E-state index in [0.717, 1.165) is 5.56 Å². The third-order valence-electron chi connectivity index (χ3n) is 3.07. The fraction of sp³-hybridized carbons (Fsp3) is 0.0667. The molecule has 3 rings (SSSR count). The van der Waals surface area contributed by atoms with Crippen molar-refractivity contribution in [1.29, 1.82) is 0 Å². The van der Waals surface area contributed by atoms with Crippen molar-refractivity contribution in [3.05, 3.63) is 58.6 Å². The van der Waals surface area contributed by atoms with Crippen LogP contribution in [-0.2, 0) is 0 Å². The van der Waals surface area contributed by atoms with Crippen LogP contribution in [0.5, 0.6) is 5.75 Å². The normalized spacial score (nSPS) is 10.4. The second-order valence-electron chi connectivity index (χ2n) is 4.45. The van der Waals surface area contributed by atoms with Gasteiger partial charge < -0.3 is 9.15 Å². The van der Waals surface area contributed by atoms with Gasteiger partial charge in [-0.05, 0) is 30.3 Å². The Labute approximate surface area is 125 Å². The zero-order chi connectivity index (χ0) is 15.5. The van der Waals surface area contributed by atoms with E-state index >= 15 is 0 Å². The quantitative estimate of drug-likeness (QED) is 0.542. The van der Waals surface area contributed by atoms with E-state index in [-0.39, 0.29) is 5.69 Å². The first kappa shape index (κ1) is 13.7. The van der Waals surface area contributed by atoms with Crippen LogP contribution >= 0.6 is 0 Å². The van der Waals surface area contributed by atoms with E-state index in [0.29, 0.717) is 23.1 Å². The van der Waals surface area contributed by atoms with Crippen LogP contribution in [0.1, 0.15) is 0 Å². The summed E-state index contributed by atoms with van der Waals surface area (Å²) in [4.78, 5) is 10.2. The number of hydrogen-bond acceptors (Lipinski definition) is 6. The lowest BCUT2D eigenvalue weighted by molar-refractivity contribution is -0.384. The molecular weight excluding hydrogens is 286 g/mol. The Kier molecular flexibility index (Phi) is 3.53. The van der Waals surface area contributed by atoms with Crippen LogP contribution in [0, 0.1) is 10.1 Å². The zero-order valence-electron chi connectivity index (χ0n) is 11.6. The van der Waals surface area contributed by atoms with Gasteiger partial charge >= 0.3 is 0 Å². The van der Waals surface area contributed by atoms with Crippen LogP contribution in [0.2, 0.25) is 0 Å². The van der Waals surface area contributed by atoms with Gasteiger partial charge in [0.25, 0.3) is 5.69 Å². The highest BCUT2D eigenvalue weighted by Gasteiger charge is 2.12. The zero-order valence-corrected chi connectivity index (χ0v) is 11.6. The first-order chi connectivity index (χ1) is 10.7.